The Labute approximate surface area is 147 Å². The van der Waals surface area contributed by atoms with Crippen molar-refractivity contribution in [3.05, 3.63) is 0 Å². The van der Waals surface area contributed by atoms with E-state index in [-0.39, 0.29) is 31.0 Å². The summed E-state index contributed by atoms with van der Waals surface area (Å²) in [6.45, 7) is 4.59. The molecule has 134 valence electrons. The van der Waals surface area contributed by atoms with Crippen LogP contribution in [0.5, 0.6) is 0 Å². The molecule has 21 heavy (non-hydrogen) atoms. The van der Waals surface area contributed by atoms with Crippen LogP contribution in [0.1, 0.15) is 117 Å². The first kappa shape index (κ1) is 29.5. The van der Waals surface area contributed by atoms with Crippen LogP contribution in [0.4, 0.5) is 0 Å². The zero-order valence-electron chi connectivity index (χ0n) is 14.8. The highest BCUT2D eigenvalue weighted by Crippen LogP contribution is 2.13. The van der Waals surface area contributed by atoms with E-state index >= 15 is 0 Å². The molecule has 0 aromatic rings. The Morgan fingerprint density at radius 3 is 0.619 bits per heavy atom. The van der Waals surface area contributed by atoms with Gasteiger partial charge in [0.05, 0.1) is 0 Å². The molecule has 0 aliphatic rings. The van der Waals surface area contributed by atoms with Crippen molar-refractivity contribution in [2.45, 2.75) is 117 Å². The molecule has 3 N–H and O–H groups in total. The van der Waals surface area contributed by atoms with Gasteiger partial charge in [-0.1, -0.05) is 117 Å². The number of hydrogen-bond acceptors (Lipinski definition) is 1. The van der Waals surface area contributed by atoms with E-state index < -0.39 is 0 Å². The summed E-state index contributed by atoms with van der Waals surface area (Å²) in [6, 6.07) is 0. The van der Waals surface area contributed by atoms with Crippen LogP contribution in [-0.4, -0.2) is 0 Å². The first-order valence-corrected chi connectivity index (χ1v) is 8.91. The molecule has 0 atom stereocenters. The average Bonchev–Trinajstić information content (AvgIpc) is 2.39. The van der Waals surface area contributed by atoms with Gasteiger partial charge in [-0.3, -0.25) is 0 Å². The first-order valence-electron chi connectivity index (χ1n) is 8.91. The summed E-state index contributed by atoms with van der Waals surface area (Å²) in [5.41, 5.74) is 0. The standard InChI is InChI=1S/C18H38.2ClH.H3N/c1-3-5-7-9-11-13-15-17-18-16-14-12-10-8-6-4-2;;;/h3-18H2,1-2H3;2*1H;1H3. The minimum atomic E-state index is 0. The third kappa shape index (κ3) is 29.2. The van der Waals surface area contributed by atoms with Crippen LogP contribution >= 0.6 is 24.8 Å². The largest absolute Gasteiger partial charge is 0.344 e. The van der Waals surface area contributed by atoms with Crippen molar-refractivity contribution in [1.29, 1.82) is 0 Å². The predicted octanol–water partition coefficient (Wildman–Crippen LogP) is 8.27. The van der Waals surface area contributed by atoms with E-state index in [4.69, 9.17) is 0 Å². The summed E-state index contributed by atoms with van der Waals surface area (Å²) in [4.78, 5) is 0. The summed E-state index contributed by atoms with van der Waals surface area (Å²) in [6.07, 6.45) is 23.4. The Kier molecular flexibility index (Phi) is 40.3. The highest BCUT2D eigenvalue weighted by atomic mass is 35.5. The molecular weight excluding hydrogens is 301 g/mol. The maximum atomic E-state index is 2.29. The van der Waals surface area contributed by atoms with Crippen molar-refractivity contribution >= 4 is 24.8 Å². The average molecular weight is 344 g/mol. The van der Waals surface area contributed by atoms with Gasteiger partial charge in [0.25, 0.3) is 0 Å². The van der Waals surface area contributed by atoms with Crippen molar-refractivity contribution in [2.75, 3.05) is 0 Å². The normalized spacial score (nSPS) is 9.43. The predicted molar refractivity (Wildman–Crippen MR) is 105 cm³/mol. The third-order valence-electron chi connectivity index (χ3n) is 3.96. The lowest BCUT2D eigenvalue weighted by atomic mass is 10.0. The fourth-order valence-corrected chi connectivity index (χ4v) is 2.62. The monoisotopic (exact) mass is 343 g/mol. The fourth-order valence-electron chi connectivity index (χ4n) is 2.62. The van der Waals surface area contributed by atoms with Gasteiger partial charge in [-0.15, -0.1) is 24.8 Å². The summed E-state index contributed by atoms with van der Waals surface area (Å²) in [7, 11) is 0. The van der Waals surface area contributed by atoms with Crippen LogP contribution in [-0.2, 0) is 0 Å². The Morgan fingerprint density at radius 2 is 0.476 bits per heavy atom. The van der Waals surface area contributed by atoms with Crippen LogP contribution < -0.4 is 6.15 Å². The van der Waals surface area contributed by atoms with Gasteiger partial charge in [-0.05, 0) is 0 Å². The molecule has 0 rings (SSSR count). The van der Waals surface area contributed by atoms with Crippen molar-refractivity contribution < 1.29 is 0 Å². The molecule has 1 nitrogen and oxygen atoms in total. The van der Waals surface area contributed by atoms with E-state index in [1.807, 2.05) is 0 Å². The van der Waals surface area contributed by atoms with Crippen molar-refractivity contribution in [2.24, 2.45) is 0 Å². The minimum absolute atomic E-state index is 0. The van der Waals surface area contributed by atoms with Gasteiger partial charge in [-0.2, -0.15) is 0 Å². The maximum Gasteiger partial charge on any atom is -0.0533 e. The number of rotatable bonds is 15. The molecule has 0 aliphatic carbocycles. The molecular formula is C18H43Cl2N. The second kappa shape index (κ2) is 28.7. The lowest BCUT2D eigenvalue weighted by Gasteiger charge is -2.03. The van der Waals surface area contributed by atoms with E-state index in [9.17, 15) is 0 Å². The SMILES string of the molecule is CCCCCCCCCCCCCCCCCC.Cl.Cl.N. The zero-order valence-corrected chi connectivity index (χ0v) is 16.5. The van der Waals surface area contributed by atoms with Crippen LogP contribution in [0.25, 0.3) is 0 Å². The molecule has 3 heteroatoms. The minimum Gasteiger partial charge on any atom is -0.344 e. The van der Waals surface area contributed by atoms with Crippen LogP contribution in [0.15, 0.2) is 0 Å². The van der Waals surface area contributed by atoms with Gasteiger partial charge in [0.2, 0.25) is 0 Å². The van der Waals surface area contributed by atoms with Gasteiger partial charge in [0, 0.05) is 0 Å². The Morgan fingerprint density at radius 1 is 0.333 bits per heavy atom. The molecule has 0 saturated heterocycles. The smallest absolute Gasteiger partial charge is 0.0533 e. The van der Waals surface area contributed by atoms with Crippen LogP contribution in [0.2, 0.25) is 0 Å². The van der Waals surface area contributed by atoms with Gasteiger partial charge < -0.3 is 6.15 Å². The fraction of sp³-hybridized carbons (Fsp3) is 1.00. The number of hydrogen-bond donors (Lipinski definition) is 1. The molecule has 0 amide bonds. The molecule has 0 aromatic heterocycles. The lowest BCUT2D eigenvalue weighted by molar-refractivity contribution is 0.531. The van der Waals surface area contributed by atoms with Crippen LogP contribution in [0.3, 0.4) is 0 Å². The molecule has 0 radical (unpaired) electrons. The Balaban J connectivity index is -0.000000482. The van der Waals surface area contributed by atoms with Gasteiger partial charge in [0.15, 0.2) is 0 Å². The molecule has 0 unspecified atom stereocenters. The molecule has 0 heterocycles. The third-order valence-corrected chi connectivity index (χ3v) is 3.96. The topological polar surface area (TPSA) is 35.0 Å². The van der Waals surface area contributed by atoms with Gasteiger partial charge in [0.1, 0.15) is 0 Å². The Hall–Kier alpha value is 0.540. The maximum absolute atomic E-state index is 2.29. The molecule has 0 saturated carbocycles. The van der Waals surface area contributed by atoms with Gasteiger partial charge >= 0.3 is 0 Å². The Bertz CT molecular complexity index is 127. The molecule has 0 aliphatic heterocycles. The van der Waals surface area contributed by atoms with Crippen molar-refractivity contribution in [3.63, 3.8) is 0 Å². The second-order valence-corrected chi connectivity index (χ2v) is 5.95. The summed E-state index contributed by atoms with van der Waals surface area (Å²) in [5.74, 6) is 0. The lowest BCUT2D eigenvalue weighted by Crippen LogP contribution is -1.83. The zero-order chi connectivity index (χ0) is 13.3. The van der Waals surface area contributed by atoms with Crippen molar-refractivity contribution in [1.82, 2.24) is 6.15 Å². The molecule has 0 fully saturated rings. The number of unbranched alkanes of at least 4 members (excludes halogenated alkanes) is 15. The van der Waals surface area contributed by atoms with E-state index in [1.165, 1.54) is 103 Å². The summed E-state index contributed by atoms with van der Waals surface area (Å²) >= 11 is 0. The summed E-state index contributed by atoms with van der Waals surface area (Å²) < 4.78 is 0. The second-order valence-electron chi connectivity index (χ2n) is 5.95. The van der Waals surface area contributed by atoms with E-state index in [0.29, 0.717) is 0 Å². The van der Waals surface area contributed by atoms with Crippen LogP contribution in [0, 0.1) is 0 Å². The molecule has 0 spiro atoms. The van der Waals surface area contributed by atoms with E-state index in [2.05, 4.69) is 13.8 Å². The quantitative estimate of drug-likeness (QED) is 0.298. The molecule has 0 bridgehead atoms. The van der Waals surface area contributed by atoms with Gasteiger partial charge in [-0.25, -0.2) is 0 Å². The molecule has 0 aromatic carbocycles. The first-order chi connectivity index (χ1) is 8.91. The van der Waals surface area contributed by atoms with E-state index in [1.54, 1.807) is 0 Å². The van der Waals surface area contributed by atoms with E-state index in [0.717, 1.165) is 0 Å². The number of halogens is 2. The highest BCUT2D eigenvalue weighted by Gasteiger charge is 1.93. The highest BCUT2D eigenvalue weighted by molar-refractivity contribution is 5.85. The summed E-state index contributed by atoms with van der Waals surface area (Å²) in [5, 5.41) is 0. The van der Waals surface area contributed by atoms with Crippen molar-refractivity contribution in [3.8, 4) is 0 Å².